The molecule has 0 N–H and O–H groups in total. The lowest BCUT2D eigenvalue weighted by molar-refractivity contribution is 0.464. The highest BCUT2D eigenvalue weighted by Crippen LogP contribution is 2.68. The second kappa shape index (κ2) is 9.73. The molecule has 0 aromatic heterocycles. The Bertz CT molecular complexity index is 2500. The third kappa shape index (κ3) is 3.12. The number of rotatable bonds is 1. The van der Waals surface area contributed by atoms with E-state index in [4.69, 9.17) is 0 Å². The summed E-state index contributed by atoms with van der Waals surface area (Å²) in [4.78, 5) is 0. The average molecular weight is 639 g/mol. The lowest BCUT2D eigenvalue weighted by atomic mass is 9.62. The number of hydrogen-bond donors (Lipinski definition) is 0. The van der Waals surface area contributed by atoms with E-state index in [1.54, 1.807) is 27.9 Å². The van der Waals surface area contributed by atoms with Crippen LogP contribution in [0.15, 0.2) is 168 Å². The first kappa shape index (κ1) is 27.6. The normalized spacial score (nSPS) is 28.4. The lowest BCUT2D eigenvalue weighted by Crippen LogP contribution is -2.34. The Morgan fingerprint density at radius 1 is 0.500 bits per heavy atom. The molecular formula is C50H38. The van der Waals surface area contributed by atoms with Gasteiger partial charge >= 0.3 is 0 Å². The smallest absolute Gasteiger partial charge is 0.0537 e. The fourth-order valence-electron chi connectivity index (χ4n) is 12.1. The van der Waals surface area contributed by atoms with Crippen LogP contribution in [0.4, 0.5) is 0 Å². The zero-order valence-electron chi connectivity index (χ0n) is 28.3. The summed E-state index contributed by atoms with van der Waals surface area (Å²) in [6.07, 6.45) is 28.7. The van der Waals surface area contributed by atoms with Crippen LogP contribution in [0.5, 0.6) is 0 Å². The zero-order chi connectivity index (χ0) is 32.6. The topological polar surface area (TPSA) is 0 Å². The average Bonchev–Trinajstić information content (AvgIpc) is 3.86. The second-order valence-electron chi connectivity index (χ2n) is 15.6. The first-order valence-electron chi connectivity index (χ1n) is 18.8. The van der Waals surface area contributed by atoms with Crippen LogP contribution >= 0.6 is 0 Å². The van der Waals surface area contributed by atoms with Crippen LogP contribution in [0, 0.1) is 11.8 Å². The molecular weight excluding hydrogens is 601 g/mol. The van der Waals surface area contributed by atoms with Crippen LogP contribution in [0.3, 0.4) is 0 Å². The fourth-order valence-corrected chi connectivity index (χ4v) is 12.1. The van der Waals surface area contributed by atoms with E-state index < -0.39 is 0 Å². The van der Waals surface area contributed by atoms with E-state index in [9.17, 15) is 0 Å². The lowest BCUT2D eigenvalue weighted by Gasteiger charge is -2.39. The Labute approximate surface area is 295 Å². The van der Waals surface area contributed by atoms with Crippen molar-refractivity contribution in [1.82, 2.24) is 0 Å². The van der Waals surface area contributed by atoms with Crippen LogP contribution in [-0.4, -0.2) is 0 Å². The maximum Gasteiger partial charge on any atom is 0.0537 e. The molecule has 0 saturated carbocycles. The maximum atomic E-state index is 2.64. The van der Waals surface area contributed by atoms with E-state index in [1.165, 1.54) is 61.2 Å². The largest absolute Gasteiger partial charge is 0.0839 e. The predicted octanol–water partition coefficient (Wildman–Crippen LogP) is 12.0. The predicted molar refractivity (Wildman–Crippen MR) is 206 cm³/mol. The van der Waals surface area contributed by atoms with Crippen molar-refractivity contribution in [3.8, 4) is 11.1 Å². The van der Waals surface area contributed by atoms with Gasteiger partial charge in [0, 0.05) is 11.8 Å². The molecule has 0 heterocycles. The van der Waals surface area contributed by atoms with E-state index in [2.05, 4.69) is 146 Å². The van der Waals surface area contributed by atoms with Crippen molar-refractivity contribution in [2.75, 3.05) is 0 Å². The molecule has 50 heavy (non-hydrogen) atoms. The molecule has 4 aromatic carbocycles. The molecule has 0 fully saturated rings. The summed E-state index contributed by atoms with van der Waals surface area (Å²) in [5.74, 6) is 0.798. The second-order valence-corrected chi connectivity index (χ2v) is 15.6. The highest BCUT2D eigenvalue weighted by molar-refractivity contribution is 5.96. The summed E-state index contributed by atoms with van der Waals surface area (Å²) in [6.45, 7) is 0. The minimum absolute atomic E-state index is 0.136. The quantitative estimate of drug-likeness (QED) is 0.195. The standard InChI is InChI=1S/C50H38/c1-7-19-41-33(13-1)34-14-2-8-20-42(34)49(41)45-23-11-5-17-37(45)39-27-25-31(29-47(39)49)32-26-28-40-38-18-6-12-24-46(38)50(48(40)30-32)43-21-9-3-15-35(43)36-16-4-10-22-44(36)50/h1,3,5-13,15,17-20,22-28,30,43,47H,2,4,14,16,21,29H2. The molecule has 0 bridgehead atoms. The van der Waals surface area contributed by atoms with Crippen molar-refractivity contribution < 1.29 is 0 Å². The number of benzene rings is 4. The fraction of sp³-hybridized carbons (Fsp3) is 0.200. The van der Waals surface area contributed by atoms with Gasteiger partial charge in [0.05, 0.1) is 10.8 Å². The molecule has 8 aliphatic rings. The van der Waals surface area contributed by atoms with E-state index >= 15 is 0 Å². The Hall–Kier alpha value is -5.20. The summed E-state index contributed by atoms with van der Waals surface area (Å²) in [7, 11) is 0. The highest BCUT2D eigenvalue weighted by atomic mass is 14.6. The van der Waals surface area contributed by atoms with Gasteiger partial charge in [0.2, 0.25) is 0 Å². The van der Waals surface area contributed by atoms with Gasteiger partial charge in [-0.1, -0.05) is 140 Å². The van der Waals surface area contributed by atoms with Gasteiger partial charge in [-0.05, 0) is 134 Å². The van der Waals surface area contributed by atoms with E-state index in [0.29, 0.717) is 11.8 Å². The Balaban J connectivity index is 1.06. The molecule has 0 saturated heterocycles. The molecule has 0 radical (unpaired) electrons. The molecule has 238 valence electrons. The van der Waals surface area contributed by atoms with Gasteiger partial charge in [-0.2, -0.15) is 0 Å². The summed E-state index contributed by atoms with van der Waals surface area (Å²) < 4.78 is 0. The SMILES string of the molecule is C1=CCC2C(=C1)C1=C(C=CCC1)C21c2ccccc2-c2ccc(C3=CC=C4c5ccccc5C5(C6=C(CCC=C6)c6ccccc65)C4C3)cc21. The summed E-state index contributed by atoms with van der Waals surface area (Å²) >= 11 is 0. The molecule has 0 nitrogen and oxygen atoms in total. The van der Waals surface area contributed by atoms with Crippen LogP contribution < -0.4 is 0 Å². The molecule has 0 aliphatic heterocycles. The Morgan fingerprint density at radius 3 is 1.96 bits per heavy atom. The van der Waals surface area contributed by atoms with E-state index in [1.807, 2.05) is 0 Å². The maximum absolute atomic E-state index is 2.64. The molecule has 12 rings (SSSR count). The first-order valence-corrected chi connectivity index (χ1v) is 18.8. The third-order valence-electron chi connectivity index (χ3n) is 13.8. The van der Waals surface area contributed by atoms with Crippen LogP contribution in [0.25, 0.3) is 27.8 Å². The number of allylic oxidation sites excluding steroid dienone is 16. The molecule has 4 unspecified atom stereocenters. The summed E-state index contributed by atoms with van der Waals surface area (Å²) in [6, 6.07) is 35.6. The van der Waals surface area contributed by atoms with Crippen molar-refractivity contribution in [2.24, 2.45) is 11.8 Å². The molecule has 0 heteroatoms. The monoisotopic (exact) mass is 638 g/mol. The highest BCUT2D eigenvalue weighted by Gasteiger charge is 2.58. The summed E-state index contributed by atoms with van der Waals surface area (Å²) in [5, 5.41) is 0. The van der Waals surface area contributed by atoms with Crippen molar-refractivity contribution in [1.29, 1.82) is 0 Å². The summed E-state index contributed by atoms with van der Waals surface area (Å²) in [5.41, 5.74) is 23.8. The van der Waals surface area contributed by atoms with Crippen molar-refractivity contribution in [3.05, 3.63) is 207 Å². The van der Waals surface area contributed by atoms with Crippen LogP contribution in [-0.2, 0) is 10.8 Å². The molecule has 8 aliphatic carbocycles. The van der Waals surface area contributed by atoms with Gasteiger partial charge in [-0.15, -0.1) is 0 Å². The van der Waals surface area contributed by atoms with Crippen LogP contribution in [0.1, 0.15) is 77.5 Å². The van der Waals surface area contributed by atoms with Gasteiger partial charge in [0.15, 0.2) is 0 Å². The number of hydrogen-bond acceptors (Lipinski definition) is 0. The third-order valence-corrected chi connectivity index (χ3v) is 13.8. The molecule has 2 spiro atoms. The first-order chi connectivity index (χ1) is 24.8. The Kier molecular flexibility index (Phi) is 5.37. The van der Waals surface area contributed by atoms with E-state index in [-0.39, 0.29) is 10.8 Å². The molecule has 4 aromatic rings. The van der Waals surface area contributed by atoms with Gasteiger partial charge in [-0.25, -0.2) is 0 Å². The van der Waals surface area contributed by atoms with Gasteiger partial charge in [-0.3, -0.25) is 0 Å². The van der Waals surface area contributed by atoms with Crippen molar-refractivity contribution in [2.45, 2.75) is 49.4 Å². The van der Waals surface area contributed by atoms with Gasteiger partial charge < -0.3 is 0 Å². The van der Waals surface area contributed by atoms with E-state index in [0.717, 1.165) is 38.5 Å². The minimum Gasteiger partial charge on any atom is -0.0839 e. The Morgan fingerprint density at radius 2 is 1.14 bits per heavy atom. The van der Waals surface area contributed by atoms with Gasteiger partial charge in [0.1, 0.15) is 0 Å². The van der Waals surface area contributed by atoms with Crippen LogP contribution in [0.2, 0.25) is 0 Å². The van der Waals surface area contributed by atoms with Crippen molar-refractivity contribution >= 4 is 16.7 Å². The molecule has 4 atom stereocenters. The van der Waals surface area contributed by atoms with Crippen molar-refractivity contribution in [3.63, 3.8) is 0 Å². The molecule has 0 amide bonds. The zero-order valence-corrected chi connectivity index (χ0v) is 28.3. The number of fused-ring (bicyclic) bond motifs is 18. The van der Waals surface area contributed by atoms with Gasteiger partial charge in [0.25, 0.3) is 0 Å². The minimum atomic E-state index is -0.148.